The molecule has 31 heavy (non-hydrogen) atoms. The summed E-state index contributed by atoms with van der Waals surface area (Å²) in [6.45, 7) is 1.84. The monoisotopic (exact) mass is 436 g/mol. The van der Waals surface area contributed by atoms with Crippen LogP contribution in [0.15, 0.2) is 24.3 Å². The highest BCUT2D eigenvalue weighted by molar-refractivity contribution is 5.93. The van der Waals surface area contributed by atoms with E-state index >= 15 is 0 Å². The molecule has 2 atom stereocenters. The maximum absolute atomic E-state index is 13.5. The molecule has 1 amide bonds. The molecule has 1 saturated carbocycles. The second-order valence-electron chi connectivity index (χ2n) is 8.51. The van der Waals surface area contributed by atoms with Crippen LogP contribution in [0.25, 0.3) is 0 Å². The van der Waals surface area contributed by atoms with Crippen molar-refractivity contribution in [2.24, 2.45) is 0 Å². The van der Waals surface area contributed by atoms with E-state index in [4.69, 9.17) is 9.47 Å². The molecule has 3 aliphatic rings. The summed E-state index contributed by atoms with van der Waals surface area (Å²) in [5, 5.41) is 10.1. The minimum absolute atomic E-state index is 0.0298. The lowest BCUT2D eigenvalue weighted by atomic mass is 9.87. The van der Waals surface area contributed by atoms with E-state index in [2.05, 4.69) is 15.7 Å². The minimum atomic E-state index is -4.44. The molecule has 1 aliphatic carbocycles. The standard InChI is InChI=1S/C21H23F3N4O3/c1-12-8-17(21(22,23)24)28-18(25-12)10-14(27-28)19(29)26-20(6-2-3-7-20)13-4-5-15-16(9-13)31-11-30-15/h4-5,9-10,12,17,25H,2-3,6-8,11H2,1H3,(H,26,29)/t12-,17+/m1/s1. The summed E-state index contributed by atoms with van der Waals surface area (Å²) in [6.07, 6.45) is -1.25. The zero-order valence-electron chi connectivity index (χ0n) is 17.0. The molecule has 1 fully saturated rings. The second-order valence-corrected chi connectivity index (χ2v) is 8.51. The van der Waals surface area contributed by atoms with Gasteiger partial charge in [0.2, 0.25) is 6.79 Å². The van der Waals surface area contributed by atoms with Gasteiger partial charge in [-0.1, -0.05) is 18.9 Å². The van der Waals surface area contributed by atoms with Crippen LogP contribution in [0.4, 0.5) is 19.0 Å². The highest BCUT2D eigenvalue weighted by Crippen LogP contribution is 2.43. The number of alkyl halides is 3. The summed E-state index contributed by atoms with van der Waals surface area (Å²) in [4.78, 5) is 13.1. The Balaban J connectivity index is 1.44. The number of fused-ring (bicyclic) bond motifs is 2. The number of carbonyl (C=O) groups is 1. The van der Waals surface area contributed by atoms with Gasteiger partial charge in [-0.05, 0) is 43.9 Å². The van der Waals surface area contributed by atoms with Crippen LogP contribution in [-0.2, 0) is 5.54 Å². The number of hydrogen-bond donors (Lipinski definition) is 2. The average Bonchev–Trinajstić information content (AvgIpc) is 3.45. The van der Waals surface area contributed by atoms with Gasteiger partial charge >= 0.3 is 6.18 Å². The fourth-order valence-corrected chi connectivity index (χ4v) is 4.81. The van der Waals surface area contributed by atoms with Crippen molar-refractivity contribution >= 4 is 11.7 Å². The molecule has 2 N–H and O–H groups in total. The van der Waals surface area contributed by atoms with Gasteiger partial charge in [-0.15, -0.1) is 0 Å². The van der Waals surface area contributed by atoms with Crippen LogP contribution in [0.3, 0.4) is 0 Å². The summed E-state index contributed by atoms with van der Waals surface area (Å²) in [7, 11) is 0. The van der Waals surface area contributed by atoms with Gasteiger partial charge in [0.25, 0.3) is 5.91 Å². The fourth-order valence-electron chi connectivity index (χ4n) is 4.81. The Labute approximate surface area is 176 Å². The molecule has 1 aromatic carbocycles. The Bertz CT molecular complexity index is 1010. The number of rotatable bonds is 3. The van der Waals surface area contributed by atoms with Gasteiger partial charge in [-0.3, -0.25) is 4.79 Å². The van der Waals surface area contributed by atoms with Crippen molar-refractivity contribution in [2.45, 2.75) is 62.8 Å². The van der Waals surface area contributed by atoms with E-state index in [1.165, 1.54) is 6.07 Å². The number of ether oxygens (including phenoxy) is 2. The number of benzene rings is 1. The number of amides is 1. The normalized spacial score (nSPS) is 23.9. The van der Waals surface area contributed by atoms with E-state index in [-0.39, 0.29) is 30.8 Å². The molecule has 0 unspecified atom stereocenters. The maximum Gasteiger partial charge on any atom is 0.410 e. The Kier molecular flexibility index (Phi) is 4.56. The zero-order chi connectivity index (χ0) is 21.8. The molecule has 0 bridgehead atoms. The van der Waals surface area contributed by atoms with Gasteiger partial charge in [0.15, 0.2) is 23.2 Å². The van der Waals surface area contributed by atoms with E-state index in [9.17, 15) is 18.0 Å². The lowest BCUT2D eigenvalue weighted by Crippen LogP contribution is -2.44. The smallest absolute Gasteiger partial charge is 0.410 e. The average molecular weight is 436 g/mol. The van der Waals surface area contributed by atoms with Crippen molar-refractivity contribution in [3.05, 3.63) is 35.5 Å². The Morgan fingerprint density at radius 3 is 2.71 bits per heavy atom. The second kappa shape index (κ2) is 7.06. The number of carbonyl (C=O) groups excluding carboxylic acids is 1. The first-order valence-electron chi connectivity index (χ1n) is 10.4. The maximum atomic E-state index is 13.5. The van der Waals surface area contributed by atoms with Crippen molar-refractivity contribution in [3.63, 3.8) is 0 Å². The SMILES string of the molecule is C[C@@H]1C[C@@H](C(F)(F)F)n2nc(C(=O)NC3(c4ccc5c(c4)OCO5)CCCC3)cc2N1. The minimum Gasteiger partial charge on any atom is -0.454 e. The van der Waals surface area contributed by atoms with Gasteiger partial charge < -0.3 is 20.1 Å². The number of hydrogen-bond acceptors (Lipinski definition) is 5. The van der Waals surface area contributed by atoms with Crippen LogP contribution in [-0.4, -0.2) is 34.7 Å². The zero-order valence-corrected chi connectivity index (χ0v) is 17.0. The molecular weight excluding hydrogens is 413 g/mol. The molecule has 5 rings (SSSR count). The molecule has 3 heterocycles. The van der Waals surface area contributed by atoms with Gasteiger partial charge in [0, 0.05) is 12.1 Å². The quantitative estimate of drug-likeness (QED) is 0.757. The van der Waals surface area contributed by atoms with Crippen LogP contribution < -0.4 is 20.1 Å². The number of anilines is 1. The van der Waals surface area contributed by atoms with Gasteiger partial charge in [0.05, 0.1) is 5.54 Å². The fraction of sp³-hybridized carbons (Fsp3) is 0.524. The largest absolute Gasteiger partial charge is 0.454 e. The third-order valence-electron chi connectivity index (χ3n) is 6.35. The number of nitrogens with zero attached hydrogens (tertiary/aromatic N) is 2. The van der Waals surface area contributed by atoms with Crippen LogP contribution in [0, 0.1) is 0 Å². The van der Waals surface area contributed by atoms with Gasteiger partial charge in [0.1, 0.15) is 5.82 Å². The van der Waals surface area contributed by atoms with E-state index in [0.717, 1.165) is 35.9 Å². The van der Waals surface area contributed by atoms with Crippen LogP contribution in [0.5, 0.6) is 11.5 Å². The Hall–Kier alpha value is -2.91. The van der Waals surface area contributed by atoms with Crippen molar-refractivity contribution in [1.82, 2.24) is 15.1 Å². The molecule has 1 aromatic heterocycles. The first-order valence-corrected chi connectivity index (χ1v) is 10.4. The summed E-state index contributed by atoms with van der Waals surface area (Å²) in [5.41, 5.74) is 0.246. The Morgan fingerprint density at radius 1 is 1.23 bits per heavy atom. The van der Waals surface area contributed by atoms with E-state index in [1.54, 1.807) is 6.92 Å². The van der Waals surface area contributed by atoms with Crippen LogP contribution in [0.2, 0.25) is 0 Å². The lowest BCUT2D eigenvalue weighted by molar-refractivity contribution is -0.173. The first-order chi connectivity index (χ1) is 14.7. The van der Waals surface area contributed by atoms with Crippen molar-refractivity contribution < 1.29 is 27.4 Å². The molecule has 2 aliphatic heterocycles. The number of aromatic nitrogens is 2. The molecule has 10 heteroatoms. The van der Waals surface area contributed by atoms with Crippen molar-refractivity contribution in [1.29, 1.82) is 0 Å². The summed E-state index contributed by atoms with van der Waals surface area (Å²) in [6, 6.07) is 4.86. The van der Waals surface area contributed by atoms with E-state index in [1.807, 2.05) is 18.2 Å². The molecule has 2 aromatic rings. The third-order valence-corrected chi connectivity index (χ3v) is 6.35. The molecule has 166 valence electrons. The molecular formula is C21H23F3N4O3. The first kappa shape index (κ1) is 20.0. The van der Waals surface area contributed by atoms with E-state index < -0.39 is 23.7 Å². The van der Waals surface area contributed by atoms with E-state index in [0.29, 0.717) is 11.5 Å². The summed E-state index contributed by atoms with van der Waals surface area (Å²) < 4.78 is 52.3. The number of halogens is 3. The molecule has 0 saturated heterocycles. The third kappa shape index (κ3) is 3.47. The topological polar surface area (TPSA) is 77.4 Å². The van der Waals surface area contributed by atoms with Gasteiger partial charge in [-0.25, -0.2) is 4.68 Å². The lowest BCUT2D eigenvalue weighted by Gasteiger charge is -2.31. The number of nitrogens with one attached hydrogen (secondary N) is 2. The Morgan fingerprint density at radius 2 is 1.97 bits per heavy atom. The van der Waals surface area contributed by atoms with Crippen LogP contribution in [0.1, 0.15) is 61.1 Å². The summed E-state index contributed by atoms with van der Waals surface area (Å²) in [5.74, 6) is 0.997. The predicted molar refractivity (Wildman–Crippen MR) is 105 cm³/mol. The molecule has 0 spiro atoms. The highest BCUT2D eigenvalue weighted by Gasteiger charge is 2.46. The van der Waals surface area contributed by atoms with Crippen molar-refractivity contribution in [3.8, 4) is 11.5 Å². The van der Waals surface area contributed by atoms with Gasteiger partial charge in [-0.2, -0.15) is 18.3 Å². The van der Waals surface area contributed by atoms with Crippen molar-refractivity contribution in [2.75, 3.05) is 12.1 Å². The predicted octanol–water partition coefficient (Wildman–Crippen LogP) is 4.12. The molecule has 7 nitrogen and oxygen atoms in total. The highest BCUT2D eigenvalue weighted by atomic mass is 19.4. The van der Waals surface area contributed by atoms with Crippen LogP contribution >= 0.6 is 0 Å². The molecule has 0 radical (unpaired) electrons. The summed E-state index contributed by atoms with van der Waals surface area (Å²) >= 11 is 0.